The SMILES string of the molecule is COC(=O)c1cc(O)c[c]c1O. The molecule has 0 aliphatic heterocycles. The summed E-state index contributed by atoms with van der Waals surface area (Å²) in [5, 5.41) is 18.0. The summed E-state index contributed by atoms with van der Waals surface area (Å²) in [5.74, 6) is -1.19. The Morgan fingerprint density at radius 1 is 1.58 bits per heavy atom. The first kappa shape index (κ1) is 8.39. The van der Waals surface area contributed by atoms with Crippen LogP contribution >= 0.6 is 0 Å². The zero-order valence-electron chi connectivity index (χ0n) is 6.37. The average Bonchev–Trinajstić information content (AvgIpc) is 2.08. The topological polar surface area (TPSA) is 66.8 Å². The summed E-state index contributed by atoms with van der Waals surface area (Å²) in [7, 11) is 1.19. The molecule has 0 amide bonds. The van der Waals surface area contributed by atoms with Crippen LogP contribution < -0.4 is 0 Å². The maximum atomic E-state index is 10.9. The van der Waals surface area contributed by atoms with Crippen molar-refractivity contribution in [3.05, 3.63) is 23.8 Å². The Morgan fingerprint density at radius 2 is 2.25 bits per heavy atom. The van der Waals surface area contributed by atoms with E-state index < -0.39 is 5.97 Å². The number of aromatic hydroxyl groups is 2. The molecule has 0 spiro atoms. The number of rotatable bonds is 1. The van der Waals surface area contributed by atoms with Crippen molar-refractivity contribution in [1.29, 1.82) is 0 Å². The quantitative estimate of drug-likeness (QED) is 0.477. The van der Waals surface area contributed by atoms with Gasteiger partial charge >= 0.3 is 5.97 Å². The lowest BCUT2D eigenvalue weighted by Crippen LogP contribution is -2.00. The summed E-state index contributed by atoms with van der Waals surface area (Å²) in [6.07, 6.45) is 0. The van der Waals surface area contributed by atoms with Gasteiger partial charge in [-0.2, -0.15) is 0 Å². The number of carbonyl (C=O) groups is 1. The maximum Gasteiger partial charge on any atom is 0.341 e. The van der Waals surface area contributed by atoms with Gasteiger partial charge in [0.15, 0.2) is 0 Å². The fraction of sp³-hybridized carbons (Fsp3) is 0.125. The van der Waals surface area contributed by atoms with Crippen LogP contribution in [0.1, 0.15) is 10.4 Å². The van der Waals surface area contributed by atoms with E-state index in [-0.39, 0.29) is 17.1 Å². The highest BCUT2D eigenvalue weighted by molar-refractivity contribution is 5.92. The van der Waals surface area contributed by atoms with Gasteiger partial charge in [-0.05, 0) is 12.1 Å². The minimum atomic E-state index is -0.709. The molecular formula is C8H7O4. The van der Waals surface area contributed by atoms with E-state index in [2.05, 4.69) is 10.8 Å². The molecule has 0 fully saturated rings. The van der Waals surface area contributed by atoms with Gasteiger partial charge in [-0.1, -0.05) is 0 Å². The number of phenols is 2. The fourth-order valence-corrected chi connectivity index (χ4v) is 0.744. The smallest absolute Gasteiger partial charge is 0.341 e. The molecule has 0 aliphatic carbocycles. The van der Waals surface area contributed by atoms with Crippen LogP contribution in [0.5, 0.6) is 11.5 Å². The van der Waals surface area contributed by atoms with Gasteiger partial charge in [0.2, 0.25) is 0 Å². The zero-order chi connectivity index (χ0) is 9.14. The van der Waals surface area contributed by atoms with Gasteiger partial charge in [-0.3, -0.25) is 0 Å². The molecule has 4 heteroatoms. The molecule has 0 heterocycles. The van der Waals surface area contributed by atoms with Crippen molar-refractivity contribution in [3.63, 3.8) is 0 Å². The predicted octanol–water partition coefficient (Wildman–Crippen LogP) is 0.685. The second kappa shape index (κ2) is 3.13. The molecule has 2 N–H and O–H groups in total. The Balaban J connectivity index is 3.13. The van der Waals surface area contributed by atoms with Gasteiger partial charge in [0.05, 0.1) is 7.11 Å². The Morgan fingerprint density at radius 3 is 2.83 bits per heavy atom. The van der Waals surface area contributed by atoms with Crippen molar-refractivity contribution in [2.75, 3.05) is 7.11 Å². The molecule has 1 aromatic carbocycles. The van der Waals surface area contributed by atoms with E-state index in [0.29, 0.717) is 0 Å². The molecule has 1 radical (unpaired) electrons. The molecule has 4 nitrogen and oxygen atoms in total. The molecule has 0 saturated heterocycles. The molecule has 12 heavy (non-hydrogen) atoms. The molecular weight excluding hydrogens is 160 g/mol. The van der Waals surface area contributed by atoms with E-state index in [4.69, 9.17) is 10.2 Å². The van der Waals surface area contributed by atoms with Crippen LogP contribution in [-0.4, -0.2) is 23.3 Å². The summed E-state index contributed by atoms with van der Waals surface area (Å²) in [6, 6.07) is 4.55. The van der Waals surface area contributed by atoms with Crippen LogP contribution in [0.4, 0.5) is 0 Å². The third-order valence-electron chi connectivity index (χ3n) is 1.31. The summed E-state index contributed by atoms with van der Waals surface area (Å²) < 4.78 is 4.34. The monoisotopic (exact) mass is 167 g/mol. The maximum absolute atomic E-state index is 10.9. The highest BCUT2D eigenvalue weighted by Gasteiger charge is 2.11. The van der Waals surface area contributed by atoms with Crippen LogP contribution in [0.2, 0.25) is 0 Å². The minimum absolute atomic E-state index is 0.0995. The highest BCUT2D eigenvalue weighted by atomic mass is 16.5. The van der Waals surface area contributed by atoms with Gasteiger partial charge in [0.25, 0.3) is 0 Å². The summed E-state index contributed by atoms with van der Waals surface area (Å²) in [5.41, 5.74) is -0.0995. The normalized spacial score (nSPS) is 9.42. The number of hydrogen-bond donors (Lipinski definition) is 2. The lowest BCUT2D eigenvalue weighted by molar-refractivity contribution is 0.0597. The van der Waals surface area contributed by atoms with Crippen molar-refractivity contribution >= 4 is 5.97 Å². The largest absolute Gasteiger partial charge is 0.508 e. The Kier molecular flexibility index (Phi) is 2.19. The number of carbonyl (C=O) groups excluding carboxylic acids is 1. The molecule has 0 aromatic heterocycles. The number of hydrogen-bond acceptors (Lipinski definition) is 4. The molecule has 0 unspecified atom stereocenters. The van der Waals surface area contributed by atoms with Crippen molar-refractivity contribution in [2.24, 2.45) is 0 Å². The molecule has 1 rings (SSSR count). The number of methoxy groups -OCH3 is 1. The molecule has 0 atom stereocenters. The summed E-state index contributed by atoms with van der Waals surface area (Å²) in [4.78, 5) is 10.9. The highest BCUT2D eigenvalue weighted by Crippen LogP contribution is 2.21. The van der Waals surface area contributed by atoms with E-state index in [1.54, 1.807) is 0 Å². The summed E-state index contributed by atoms with van der Waals surface area (Å²) in [6.45, 7) is 0. The second-order valence-corrected chi connectivity index (χ2v) is 2.11. The van der Waals surface area contributed by atoms with E-state index >= 15 is 0 Å². The number of ether oxygens (including phenoxy) is 1. The van der Waals surface area contributed by atoms with Crippen LogP contribution in [0.25, 0.3) is 0 Å². The lowest BCUT2D eigenvalue weighted by Gasteiger charge is -2.01. The van der Waals surface area contributed by atoms with E-state index in [9.17, 15) is 4.79 Å². The number of benzene rings is 1. The predicted molar refractivity (Wildman–Crippen MR) is 39.9 cm³/mol. The summed E-state index contributed by atoms with van der Waals surface area (Å²) >= 11 is 0. The molecule has 1 aromatic rings. The Hall–Kier alpha value is -1.71. The number of esters is 1. The van der Waals surface area contributed by atoms with Gasteiger partial charge in [0, 0.05) is 6.07 Å². The molecule has 0 bridgehead atoms. The average molecular weight is 167 g/mol. The van der Waals surface area contributed by atoms with Crippen molar-refractivity contribution in [3.8, 4) is 11.5 Å². The third kappa shape index (κ3) is 1.47. The number of phenolic OH excluding ortho intramolecular Hbond substituents is 2. The first-order valence-electron chi connectivity index (χ1n) is 3.17. The first-order valence-corrected chi connectivity index (χ1v) is 3.17. The van der Waals surface area contributed by atoms with Gasteiger partial charge in [0.1, 0.15) is 17.1 Å². The van der Waals surface area contributed by atoms with Gasteiger partial charge in [-0.25, -0.2) is 4.79 Å². The van der Waals surface area contributed by atoms with Gasteiger partial charge < -0.3 is 14.9 Å². The van der Waals surface area contributed by atoms with Crippen LogP contribution in [0.15, 0.2) is 12.1 Å². The Labute approximate surface area is 69.0 Å². The first-order chi connectivity index (χ1) is 5.65. The van der Waals surface area contributed by atoms with Gasteiger partial charge in [-0.15, -0.1) is 0 Å². The van der Waals surface area contributed by atoms with E-state index in [0.717, 1.165) is 12.1 Å². The molecule has 63 valence electrons. The van der Waals surface area contributed by atoms with Crippen molar-refractivity contribution in [2.45, 2.75) is 0 Å². The third-order valence-corrected chi connectivity index (χ3v) is 1.31. The van der Waals surface area contributed by atoms with Crippen LogP contribution in [0.3, 0.4) is 0 Å². The van der Waals surface area contributed by atoms with E-state index in [1.165, 1.54) is 7.11 Å². The second-order valence-electron chi connectivity index (χ2n) is 2.11. The fourth-order valence-electron chi connectivity index (χ4n) is 0.744. The standard InChI is InChI=1S/C8H7O4/c1-12-8(11)6-4-5(9)2-3-7(6)10/h2,4,9-10H,1H3. The molecule has 0 aliphatic rings. The van der Waals surface area contributed by atoms with Crippen molar-refractivity contribution in [1.82, 2.24) is 0 Å². The van der Waals surface area contributed by atoms with Crippen molar-refractivity contribution < 1.29 is 19.7 Å². The lowest BCUT2D eigenvalue weighted by atomic mass is 10.2. The van der Waals surface area contributed by atoms with E-state index in [1.807, 2.05) is 0 Å². The van der Waals surface area contributed by atoms with Crippen LogP contribution in [-0.2, 0) is 4.74 Å². The molecule has 0 saturated carbocycles. The zero-order valence-corrected chi connectivity index (χ0v) is 6.37. The minimum Gasteiger partial charge on any atom is -0.508 e. The van der Waals surface area contributed by atoms with Crippen LogP contribution in [0, 0.1) is 6.07 Å². The Bertz CT molecular complexity index is 306.